The van der Waals surface area contributed by atoms with Crippen molar-refractivity contribution >= 4 is 30.1 Å². The Morgan fingerprint density at radius 3 is 1.84 bits per heavy atom. The lowest BCUT2D eigenvalue weighted by Crippen LogP contribution is -2.61. The van der Waals surface area contributed by atoms with E-state index >= 15 is 0 Å². The van der Waals surface area contributed by atoms with Crippen molar-refractivity contribution in [3.05, 3.63) is 114 Å². The fraction of sp³-hybridized carbons (Fsp3) is 0.273. The van der Waals surface area contributed by atoms with Crippen LogP contribution in [0.1, 0.15) is 36.5 Å². The van der Waals surface area contributed by atoms with E-state index in [4.69, 9.17) is 9.47 Å². The van der Waals surface area contributed by atoms with Gasteiger partial charge in [0.2, 0.25) is 11.8 Å². The van der Waals surface area contributed by atoms with Gasteiger partial charge in [0.1, 0.15) is 13.2 Å². The average Bonchev–Trinajstić information content (AvgIpc) is 3.02. The van der Waals surface area contributed by atoms with Gasteiger partial charge in [-0.2, -0.15) is 0 Å². The van der Waals surface area contributed by atoms with E-state index in [9.17, 15) is 19.2 Å². The second-order valence-corrected chi connectivity index (χ2v) is 10.0. The molecule has 1 saturated heterocycles. The Morgan fingerprint density at radius 2 is 1.33 bits per heavy atom. The van der Waals surface area contributed by atoms with Gasteiger partial charge in [-0.3, -0.25) is 30.4 Å². The number of nitrogens with one attached hydrogen (secondary N) is 3. The molecule has 2 atom stereocenters. The maximum absolute atomic E-state index is 12.7. The lowest BCUT2D eigenvalue weighted by atomic mass is 9.83. The minimum absolute atomic E-state index is 0.0617. The van der Waals surface area contributed by atoms with Gasteiger partial charge in [0.25, 0.3) is 0 Å². The third-order valence-electron chi connectivity index (χ3n) is 6.88. The van der Waals surface area contributed by atoms with Crippen LogP contribution < -0.4 is 16.0 Å². The van der Waals surface area contributed by atoms with Crippen LogP contribution in [0.25, 0.3) is 6.08 Å². The fourth-order valence-electron chi connectivity index (χ4n) is 4.69. The first-order valence-corrected chi connectivity index (χ1v) is 14.2. The molecule has 4 amide bonds. The fourth-order valence-corrected chi connectivity index (χ4v) is 4.69. The van der Waals surface area contributed by atoms with Gasteiger partial charge in [0, 0.05) is 6.92 Å². The van der Waals surface area contributed by atoms with E-state index in [-0.39, 0.29) is 37.0 Å². The van der Waals surface area contributed by atoms with Gasteiger partial charge < -0.3 is 9.47 Å². The number of nitrogens with zero attached hydrogens (tertiary/aromatic N) is 1. The number of ether oxygens (including phenoxy) is 2. The Balaban J connectivity index is 1.30. The molecule has 0 saturated carbocycles. The molecule has 0 unspecified atom stereocenters. The first kappa shape index (κ1) is 31.0. The number of hydrogen-bond acceptors (Lipinski definition) is 7. The lowest BCUT2D eigenvalue weighted by molar-refractivity contribution is -0.162. The zero-order valence-corrected chi connectivity index (χ0v) is 24.0. The van der Waals surface area contributed by atoms with Gasteiger partial charge in [-0.15, -0.1) is 0 Å². The molecule has 10 nitrogen and oxygen atoms in total. The highest BCUT2D eigenvalue weighted by atomic mass is 16.6. The van der Waals surface area contributed by atoms with Crippen molar-refractivity contribution in [1.82, 2.24) is 20.9 Å². The van der Waals surface area contributed by atoms with Gasteiger partial charge in [-0.25, -0.2) is 9.59 Å². The Morgan fingerprint density at radius 1 is 0.814 bits per heavy atom. The van der Waals surface area contributed by atoms with E-state index in [1.165, 1.54) is 11.8 Å². The van der Waals surface area contributed by atoms with Crippen LogP contribution in [0.5, 0.6) is 0 Å². The lowest BCUT2D eigenvalue weighted by Gasteiger charge is -2.44. The van der Waals surface area contributed by atoms with Crippen molar-refractivity contribution in [2.75, 3.05) is 6.54 Å². The van der Waals surface area contributed by atoms with Gasteiger partial charge in [0.05, 0.1) is 12.0 Å². The Kier molecular flexibility index (Phi) is 11.4. The number of alkyl carbamates (subject to hydrolysis) is 2. The minimum Gasteiger partial charge on any atom is -0.445 e. The number of imide groups is 1. The van der Waals surface area contributed by atoms with Gasteiger partial charge >= 0.3 is 12.2 Å². The van der Waals surface area contributed by atoms with Crippen LogP contribution in [0.4, 0.5) is 9.59 Å². The largest absolute Gasteiger partial charge is 0.445 e. The Hall–Kier alpha value is -4.96. The summed E-state index contributed by atoms with van der Waals surface area (Å²) in [7, 11) is 0. The van der Waals surface area contributed by atoms with E-state index in [0.29, 0.717) is 19.4 Å². The van der Waals surface area contributed by atoms with Crippen LogP contribution in [0.3, 0.4) is 0 Å². The molecule has 10 heteroatoms. The summed E-state index contributed by atoms with van der Waals surface area (Å²) >= 11 is 0. The van der Waals surface area contributed by atoms with Gasteiger partial charge in [0.15, 0.2) is 6.29 Å². The topological polar surface area (TPSA) is 126 Å². The minimum atomic E-state index is -0.994. The molecule has 1 heterocycles. The summed E-state index contributed by atoms with van der Waals surface area (Å²) in [5, 5.41) is 8.26. The Bertz CT molecular complexity index is 1330. The number of rotatable bonds is 13. The number of carbonyl (C=O) groups is 4. The zero-order valence-electron chi connectivity index (χ0n) is 24.0. The van der Waals surface area contributed by atoms with Crippen molar-refractivity contribution in [1.29, 1.82) is 0 Å². The molecule has 1 fully saturated rings. The highest BCUT2D eigenvalue weighted by Gasteiger charge is 2.47. The molecule has 0 aliphatic carbocycles. The molecule has 3 aromatic rings. The van der Waals surface area contributed by atoms with E-state index in [2.05, 4.69) is 16.0 Å². The number of β-lactam (4-membered cyclic amide) rings is 1. The van der Waals surface area contributed by atoms with Crippen molar-refractivity contribution in [3.63, 3.8) is 0 Å². The first-order valence-electron chi connectivity index (χ1n) is 14.2. The highest BCUT2D eigenvalue weighted by molar-refractivity contribution is 6.01. The molecule has 0 bridgehead atoms. The second-order valence-electron chi connectivity index (χ2n) is 10.0. The molecule has 0 aromatic heterocycles. The van der Waals surface area contributed by atoms with E-state index in [1.807, 2.05) is 103 Å². The smallest absolute Gasteiger partial charge is 0.410 e. The molecule has 43 heavy (non-hydrogen) atoms. The van der Waals surface area contributed by atoms with Gasteiger partial charge in [-0.1, -0.05) is 103 Å². The van der Waals surface area contributed by atoms with E-state index < -0.39 is 18.5 Å². The van der Waals surface area contributed by atoms with Crippen molar-refractivity contribution < 1.29 is 28.7 Å². The summed E-state index contributed by atoms with van der Waals surface area (Å²) in [5.74, 6) is -0.854. The first-order chi connectivity index (χ1) is 20.9. The van der Waals surface area contributed by atoms with E-state index in [0.717, 1.165) is 16.7 Å². The van der Waals surface area contributed by atoms with Crippen molar-refractivity contribution in [3.8, 4) is 0 Å². The summed E-state index contributed by atoms with van der Waals surface area (Å²) < 4.78 is 10.6. The molecule has 4 rings (SSSR count). The normalized spacial score (nSPS) is 16.0. The molecule has 0 spiro atoms. The van der Waals surface area contributed by atoms with E-state index in [1.54, 1.807) is 0 Å². The maximum Gasteiger partial charge on any atom is 0.410 e. The molecule has 1 aliphatic rings. The third-order valence-corrected chi connectivity index (χ3v) is 6.88. The summed E-state index contributed by atoms with van der Waals surface area (Å²) in [4.78, 5) is 51.1. The summed E-state index contributed by atoms with van der Waals surface area (Å²) in [5.41, 5.74) is 2.61. The number of benzene rings is 3. The predicted molar refractivity (Wildman–Crippen MR) is 161 cm³/mol. The molecule has 1 aliphatic heterocycles. The predicted octanol–water partition coefficient (Wildman–Crippen LogP) is 4.58. The number of carbonyl (C=O) groups excluding carboxylic acids is 4. The van der Waals surface area contributed by atoms with Crippen LogP contribution in [-0.4, -0.2) is 47.8 Å². The van der Waals surface area contributed by atoms with Crippen LogP contribution >= 0.6 is 0 Å². The van der Waals surface area contributed by atoms with Crippen LogP contribution in [0.15, 0.2) is 97.1 Å². The van der Waals surface area contributed by atoms with Crippen LogP contribution in [0.2, 0.25) is 0 Å². The zero-order chi connectivity index (χ0) is 30.4. The van der Waals surface area contributed by atoms with Gasteiger partial charge in [-0.05, 0) is 36.1 Å². The number of amides is 4. The molecular weight excluding hydrogens is 548 g/mol. The highest BCUT2D eigenvalue weighted by Crippen LogP contribution is 2.32. The molecular formula is C33H36N4O6. The maximum atomic E-state index is 12.7. The van der Waals surface area contributed by atoms with Crippen LogP contribution in [0, 0.1) is 5.92 Å². The standard InChI is InChI=1S/C33H36N4O6/c1-24(38)37-29(20-19-25-12-5-2-6-13-25)28(30(37)39)18-11-21-34-31(35-32(40)42-22-26-14-7-3-8-15-26)36-33(41)43-23-27-16-9-4-10-17-27/h2-10,12-17,19-20,28-29,31,34H,11,18,21-23H2,1H3,(H,35,40)(H,36,41)/b20-19+/t28-,29-/m1/s1. The monoisotopic (exact) mass is 584 g/mol. The van der Waals surface area contributed by atoms with Crippen molar-refractivity contribution in [2.24, 2.45) is 5.92 Å². The van der Waals surface area contributed by atoms with Crippen molar-refractivity contribution in [2.45, 2.75) is 45.3 Å². The molecule has 3 aromatic carbocycles. The third kappa shape index (κ3) is 9.54. The number of hydrogen-bond donors (Lipinski definition) is 3. The Labute approximate surface area is 251 Å². The van der Waals surface area contributed by atoms with Crippen LogP contribution in [-0.2, 0) is 32.3 Å². The summed E-state index contributed by atoms with van der Waals surface area (Å²) in [6, 6.07) is 27.8. The SMILES string of the molecule is CC(=O)N1C(=O)[C@H](CCCNC(NC(=O)OCc2ccccc2)NC(=O)OCc2ccccc2)[C@H]1/C=C/c1ccccc1. The second kappa shape index (κ2) is 15.9. The number of likely N-dealkylation sites (tertiary alicyclic amines) is 1. The summed E-state index contributed by atoms with van der Waals surface area (Å²) in [6.45, 7) is 1.86. The summed E-state index contributed by atoms with van der Waals surface area (Å²) in [6.07, 6.45) is 2.37. The molecule has 3 N–H and O–H groups in total. The average molecular weight is 585 g/mol. The molecule has 0 radical (unpaired) electrons. The molecule has 224 valence electrons. The quantitative estimate of drug-likeness (QED) is 0.153.